The number of anilines is 1. The van der Waals surface area contributed by atoms with Gasteiger partial charge in [-0.25, -0.2) is 0 Å². The van der Waals surface area contributed by atoms with Crippen molar-refractivity contribution >= 4 is 28.8 Å². The van der Waals surface area contributed by atoms with E-state index >= 15 is 0 Å². The molecule has 1 fully saturated rings. The zero-order valence-electron chi connectivity index (χ0n) is 20.9. The molecule has 9 heteroatoms. The number of rotatable bonds is 5. The molecule has 4 unspecified atom stereocenters. The molecule has 35 heavy (non-hydrogen) atoms. The number of likely N-dealkylation sites (N-methyl/N-ethyl adjacent to an activating group) is 1. The number of aliphatic hydroxyl groups excluding tert-OH is 2. The summed E-state index contributed by atoms with van der Waals surface area (Å²) < 4.78 is 5.75. The molecular weight excluding hydrogens is 452 g/mol. The minimum Gasteiger partial charge on any atom is -0.508 e. The summed E-state index contributed by atoms with van der Waals surface area (Å²) in [6, 6.07) is 2.63. The SMILES string of the molecule is CCOc1ccc(N(C)C)c2c1C(O)=C1C(=O)C3(O)C(O)=C(C(C)=O)C(=O)C(N(C)C)C3CC1C2. The molecule has 0 aliphatic heterocycles. The summed E-state index contributed by atoms with van der Waals surface area (Å²) in [5, 5.41) is 34.1. The molecular formula is C26H32N2O7. The van der Waals surface area contributed by atoms with Gasteiger partial charge in [0.15, 0.2) is 17.2 Å². The van der Waals surface area contributed by atoms with Gasteiger partial charge in [-0.15, -0.1) is 0 Å². The standard InChI is InChI=1S/C26H32N2O7/c1-7-35-17-9-8-16(27(3)4)14-10-13-11-15-21(28(5)6)23(31)18(12(2)29)24(32)26(15,34)25(33)19(13)22(30)20(14)17/h8-9,13,15,21,30,32,34H,7,10-11H2,1-6H3. The molecule has 188 valence electrons. The third-order valence-electron chi connectivity index (χ3n) is 7.45. The Balaban J connectivity index is 1.99. The number of aliphatic hydroxyl groups is 3. The van der Waals surface area contributed by atoms with Gasteiger partial charge in [0.1, 0.15) is 22.8 Å². The molecule has 1 aromatic rings. The van der Waals surface area contributed by atoms with Crippen molar-refractivity contribution in [1.82, 2.24) is 4.90 Å². The van der Waals surface area contributed by atoms with Gasteiger partial charge in [-0.05, 0) is 64.4 Å². The quantitative estimate of drug-likeness (QED) is 0.536. The van der Waals surface area contributed by atoms with Crippen LogP contribution in [0.2, 0.25) is 0 Å². The monoisotopic (exact) mass is 484 g/mol. The Morgan fingerprint density at radius 3 is 2.37 bits per heavy atom. The van der Waals surface area contributed by atoms with Crippen LogP contribution in [0.25, 0.3) is 5.76 Å². The molecule has 1 saturated carbocycles. The molecule has 4 rings (SSSR count). The Bertz CT molecular complexity index is 1200. The Morgan fingerprint density at radius 2 is 1.83 bits per heavy atom. The van der Waals surface area contributed by atoms with Crippen molar-refractivity contribution in [2.75, 3.05) is 39.7 Å². The van der Waals surface area contributed by atoms with Crippen LogP contribution in [0, 0.1) is 11.8 Å². The van der Waals surface area contributed by atoms with Crippen molar-refractivity contribution in [2.45, 2.75) is 38.3 Å². The summed E-state index contributed by atoms with van der Waals surface area (Å²) >= 11 is 0. The van der Waals surface area contributed by atoms with E-state index in [0.717, 1.165) is 18.2 Å². The molecule has 3 aliphatic carbocycles. The van der Waals surface area contributed by atoms with Crippen LogP contribution >= 0.6 is 0 Å². The first kappa shape index (κ1) is 24.9. The van der Waals surface area contributed by atoms with E-state index in [2.05, 4.69) is 0 Å². The molecule has 3 N–H and O–H groups in total. The number of benzene rings is 1. The number of fused-ring (bicyclic) bond motifs is 3. The van der Waals surface area contributed by atoms with Crippen molar-refractivity contribution in [3.8, 4) is 5.75 Å². The summed E-state index contributed by atoms with van der Waals surface area (Å²) in [5.41, 5.74) is -1.06. The highest BCUT2D eigenvalue weighted by atomic mass is 16.5. The fourth-order valence-electron chi connectivity index (χ4n) is 6.01. The summed E-state index contributed by atoms with van der Waals surface area (Å²) in [4.78, 5) is 42.9. The van der Waals surface area contributed by atoms with Crippen LogP contribution < -0.4 is 9.64 Å². The van der Waals surface area contributed by atoms with E-state index in [-0.39, 0.29) is 17.8 Å². The normalized spacial score (nSPS) is 28.1. The van der Waals surface area contributed by atoms with Gasteiger partial charge in [-0.2, -0.15) is 0 Å². The molecule has 1 aromatic carbocycles. The second-order valence-corrected chi connectivity index (χ2v) is 9.92. The first-order valence-corrected chi connectivity index (χ1v) is 11.7. The maximum absolute atomic E-state index is 13.9. The van der Waals surface area contributed by atoms with Crippen molar-refractivity contribution in [3.05, 3.63) is 40.2 Å². The van der Waals surface area contributed by atoms with E-state index in [1.54, 1.807) is 25.1 Å². The second kappa shape index (κ2) is 8.49. The van der Waals surface area contributed by atoms with E-state index in [1.165, 1.54) is 0 Å². The largest absolute Gasteiger partial charge is 0.508 e. The minimum absolute atomic E-state index is 0.0191. The summed E-state index contributed by atoms with van der Waals surface area (Å²) in [6.45, 7) is 3.27. The number of hydrogen-bond acceptors (Lipinski definition) is 9. The van der Waals surface area contributed by atoms with Crippen LogP contribution in [-0.2, 0) is 20.8 Å². The smallest absolute Gasteiger partial charge is 0.202 e. The topological polar surface area (TPSA) is 128 Å². The van der Waals surface area contributed by atoms with Gasteiger partial charge in [0.25, 0.3) is 0 Å². The van der Waals surface area contributed by atoms with Gasteiger partial charge in [0, 0.05) is 31.3 Å². The first-order valence-electron chi connectivity index (χ1n) is 11.7. The number of hydrogen-bond donors (Lipinski definition) is 3. The van der Waals surface area contributed by atoms with E-state index in [1.807, 2.05) is 32.0 Å². The predicted octanol–water partition coefficient (Wildman–Crippen LogP) is 1.83. The fourth-order valence-corrected chi connectivity index (χ4v) is 6.01. The lowest BCUT2D eigenvalue weighted by atomic mass is 9.57. The number of carbonyl (C=O) groups excluding carboxylic acids is 3. The van der Waals surface area contributed by atoms with Gasteiger partial charge < -0.3 is 25.0 Å². The van der Waals surface area contributed by atoms with Crippen LogP contribution in [0.15, 0.2) is 29.0 Å². The molecule has 4 atom stereocenters. The van der Waals surface area contributed by atoms with E-state index < -0.39 is 52.2 Å². The van der Waals surface area contributed by atoms with Crippen molar-refractivity contribution in [1.29, 1.82) is 0 Å². The summed E-state index contributed by atoms with van der Waals surface area (Å²) in [6.07, 6.45) is 0.524. The molecule has 3 aliphatic rings. The summed E-state index contributed by atoms with van der Waals surface area (Å²) in [7, 11) is 7.02. The number of Topliss-reactive ketones (excluding diaryl/α,β-unsaturated/α-hetero) is 3. The lowest BCUT2D eigenvalue weighted by Gasteiger charge is -2.50. The molecule has 0 heterocycles. The third-order valence-corrected chi connectivity index (χ3v) is 7.45. The molecule has 9 nitrogen and oxygen atoms in total. The Hall–Kier alpha value is -3.17. The van der Waals surface area contributed by atoms with Crippen LogP contribution in [0.3, 0.4) is 0 Å². The van der Waals surface area contributed by atoms with Crippen LogP contribution in [0.4, 0.5) is 5.69 Å². The average molecular weight is 485 g/mol. The summed E-state index contributed by atoms with van der Waals surface area (Å²) in [5.74, 6) is -4.58. The van der Waals surface area contributed by atoms with E-state index in [4.69, 9.17) is 4.74 Å². The molecule has 0 aromatic heterocycles. The third kappa shape index (κ3) is 3.40. The predicted molar refractivity (Wildman–Crippen MR) is 130 cm³/mol. The van der Waals surface area contributed by atoms with Crippen LogP contribution in [0.5, 0.6) is 5.75 Å². The first-order chi connectivity index (χ1) is 16.4. The Labute approximate surface area is 204 Å². The average Bonchev–Trinajstić information content (AvgIpc) is 2.75. The Kier molecular flexibility index (Phi) is 6.05. The maximum Gasteiger partial charge on any atom is 0.202 e. The minimum atomic E-state index is -2.51. The van der Waals surface area contributed by atoms with E-state index in [9.17, 15) is 29.7 Å². The molecule has 0 spiro atoms. The van der Waals surface area contributed by atoms with Gasteiger partial charge in [-0.1, -0.05) is 0 Å². The highest BCUT2D eigenvalue weighted by molar-refractivity contribution is 6.25. The number of carbonyl (C=O) groups is 3. The molecule has 0 amide bonds. The van der Waals surface area contributed by atoms with Gasteiger partial charge in [-0.3, -0.25) is 19.3 Å². The lowest BCUT2D eigenvalue weighted by Crippen LogP contribution is -2.65. The number of nitrogens with zero attached hydrogens (tertiary/aromatic N) is 2. The highest BCUT2D eigenvalue weighted by Gasteiger charge is 2.64. The van der Waals surface area contributed by atoms with Gasteiger partial charge in [0.2, 0.25) is 5.78 Å². The maximum atomic E-state index is 13.9. The molecule has 0 bridgehead atoms. The van der Waals surface area contributed by atoms with Gasteiger partial charge in [0.05, 0.1) is 18.2 Å². The van der Waals surface area contributed by atoms with Crippen molar-refractivity contribution in [3.63, 3.8) is 0 Å². The van der Waals surface area contributed by atoms with Gasteiger partial charge >= 0.3 is 0 Å². The fraction of sp³-hybridized carbons (Fsp3) is 0.500. The number of ketones is 3. The zero-order chi connectivity index (χ0) is 26.0. The van der Waals surface area contributed by atoms with Crippen molar-refractivity contribution in [2.24, 2.45) is 11.8 Å². The molecule has 0 saturated heterocycles. The molecule has 0 radical (unpaired) electrons. The van der Waals surface area contributed by atoms with Crippen molar-refractivity contribution < 1.29 is 34.4 Å². The number of ether oxygens (including phenoxy) is 1. The van der Waals surface area contributed by atoms with Crippen LogP contribution in [-0.4, -0.2) is 84.0 Å². The second-order valence-electron chi connectivity index (χ2n) is 9.92. The Morgan fingerprint density at radius 1 is 1.17 bits per heavy atom. The van der Waals surface area contributed by atoms with E-state index in [0.29, 0.717) is 24.3 Å². The zero-order valence-corrected chi connectivity index (χ0v) is 20.9. The highest BCUT2D eigenvalue weighted by Crippen LogP contribution is 2.53. The van der Waals surface area contributed by atoms with Crippen LogP contribution in [0.1, 0.15) is 31.4 Å². The lowest BCUT2D eigenvalue weighted by molar-refractivity contribution is -0.153.